The molecular weight excluding hydrogens is 228 g/mol. The number of rotatable bonds is 5. The topological polar surface area (TPSA) is 52.6 Å². The number of carbonyl (C=O) groups excluding carboxylic acids is 1. The third kappa shape index (κ3) is 5.25. The minimum atomic E-state index is 0.0319. The van der Waals surface area contributed by atoms with Crippen molar-refractivity contribution in [1.82, 2.24) is 10.2 Å². The Kier molecular flexibility index (Phi) is 6.47. The van der Waals surface area contributed by atoms with Crippen LogP contribution < -0.4 is 5.32 Å². The number of hydrogen-bond acceptors (Lipinski definition) is 2. The summed E-state index contributed by atoms with van der Waals surface area (Å²) in [5, 5.41) is 12.2. The number of nitrogens with zero attached hydrogens (tertiary/aromatic N) is 1. The van der Waals surface area contributed by atoms with E-state index in [1.165, 1.54) is 0 Å². The molecule has 1 heterocycles. The van der Waals surface area contributed by atoms with Gasteiger partial charge in [-0.15, -0.1) is 0 Å². The summed E-state index contributed by atoms with van der Waals surface area (Å²) in [7, 11) is 0. The monoisotopic (exact) mass is 256 g/mol. The van der Waals surface area contributed by atoms with Gasteiger partial charge in [-0.3, -0.25) is 0 Å². The molecule has 18 heavy (non-hydrogen) atoms. The Morgan fingerprint density at radius 3 is 2.72 bits per heavy atom. The fraction of sp³-hybridized carbons (Fsp3) is 0.929. The lowest BCUT2D eigenvalue weighted by Crippen LogP contribution is -2.48. The fourth-order valence-corrected chi connectivity index (χ4v) is 2.36. The van der Waals surface area contributed by atoms with Crippen molar-refractivity contribution >= 4 is 6.03 Å². The lowest BCUT2D eigenvalue weighted by molar-refractivity contribution is 0.128. The third-order valence-corrected chi connectivity index (χ3v) is 3.61. The molecule has 2 unspecified atom stereocenters. The number of urea groups is 1. The van der Waals surface area contributed by atoms with Crippen LogP contribution in [-0.2, 0) is 0 Å². The van der Waals surface area contributed by atoms with Gasteiger partial charge in [0, 0.05) is 25.7 Å². The molecule has 0 aromatic heterocycles. The maximum Gasteiger partial charge on any atom is 0.317 e. The number of nitrogens with one attached hydrogen (secondary N) is 1. The van der Waals surface area contributed by atoms with Gasteiger partial charge < -0.3 is 15.3 Å². The quantitative estimate of drug-likeness (QED) is 0.792. The largest absolute Gasteiger partial charge is 0.396 e. The maximum absolute atomic E-state index is 12.0. The van der Waals surface area contributed by atoms with Crippen LogP contribution in [0.1, 0.15) is 46.5 Å². The van der Waals surface area contributed by atoms with E-state index in [0.717, 1.165) is 32.2 Å². The van der Waals surface area contributed by atoms with Gasteiger partial charge in [-0.2, -0.15) is 0 Å². The van der Waals surface area contributed by atoms with Crippen LogP contribution in [0.5, 0.6) is 0 Å². The first kappa shape index (κ1) is 15.3. The minimum absolute atomic E-state index is 0.0319. The molecule has 1 rings (SSSR count). The molecule has 0 saturated carbocycles. The molecule has 0 bridgehead atoms. The summed E-state index contributed by atoms with van der Waals surface area (Å²) >= 11 is 0. The zero-order valence-corrected chi connectivity index (χ0v) is 12.0. The van der Waals surface area contributed by atoms with Crippen LogP contribution in [0.3, 0.4) is 0 Å². The van der Waals surface area contributed by atoms with Crippen molar-refractivity contribution in [3.8, 4) is 0 Å². The first-order valence-corrected chi connectivity index (χ1v) is 7.19. The van der Waals surface area contributed by atoms with E-state index in [0.29, 0.717) is 12.5 Å². The van der Waals surface area contributed by atoms with E-state index < -0.39 is 0 Å². The summed E-state index contributed by atoms with van der Waals surface area (Å²) in [4.78, 5) is 13.9. The van der Waals surface area contributed by atoms with Crippen molar-refractivity contribution in [3.05, 3.63) is 0 Å². The van der Waals surface area contributed by atoms with Gasteiger partial charge in [-0.25, -0.2) is 4.79 Å². The highest BCUT2D eigenvalue weighted by molar-refractivity contribution is 5.74. The number of likely N-dealkylation sites (tertiary alicyclic amines) is 1. The smallest absolute Gasteiger partial charge is 0.317 e. The highest BCUT2D eigenvalue weighted by Gasteiger charge is 2.23. The van der Waals surface area contributed by atoms with Crippen LogP contribution in [0.15, 0.2) is 0 Å². The second-order valence-electron chi connectivity index (χ2n) is 5.96. The second-order valence-corrected chi connectivity index (χ2v) is 5.96. The summed E-state index contributed by atoms with van der Waals surface area (Å²) in [6.45, 7) is 8.16. The second kappa shape index (κ2) is 7.62. The molecule has 4 nitrogen and oxygen atoms in total. The Morgan fingerprint density at radius 1 is 1.39 bits per heavy atom. The maximum atomic E-state index is 12.0. The SMILES string of the molecule is CC(C)CCC(C)NC(=O)N1CCCC(CO)C1. The van der Waals surface area contributed by atoms with Crippen molar-refractivity contribution in [2.75, 3.05) is 19.7 Å². The van der Waals surface area contributed by atoms with Gasteiger partial charge in [-0.1, -0.05) is 13.8 Å². The highest BCUT2D eigenvalue weighted by Crippen LogP contribution is 2.16. The lowest BCUT2D eigenvalue weighted by Gasteiger charge is -2.32. The summed E-state index contributed by atoms with van der Waals surface area (Å²) in [5.41, 5.74) is 0. The summed E-state index contributed by atoms with van der Waals surface area (Å²) in [5.74, 6) is 0.938. The summed E-state index contributed by atoms with van der Waals surface area (Å²) in [6.07, 6.45) is 4.20. The predicted molar refractivity (Wildman–Crippen MR) is 73.4 cm³/mol. The highest BCUT2D eigenvalue weighted by atomic mass is 16.3. The molecular formula is C14H28N2O2. The molecule has 1 saturated heterocycles. The van der Waals surface area contributed by atoms with Crippen molar-refractivity contribution in [2.24, 2.45) is 11.8 Å². The number of hydrogen-bond donors (Lipinski definition) is 2. The molecule has 106 valence electrons. The van der Waals surface area contributed by atoms with Gasteiger partial charge in [-0.05, 0) is 44.4 Å². The summed E-state index contributed by atoms with van der Waals surface area (Å²) in [6, 6.07) is 0.263. The third-order valence-electron chi connectivity index (χ3n) is 3.61. The number of aliphatic hydroxyl groups is 1. The van der Waals surface area contributed by atoms with E-state index in [4.69, 9.17) is 5.11 Å². The predicted octanol–water partition coefficient (Wildman–Crippen LogP) is 2.23. The average Bonchev–Trinajstić information content (AvgIpc) is 2.36. The molecule has 0 spiro atoms. The van der Waals surface area contributed by atoms with Gasteiger partial charge in [0.1, 0.15) is 0 Å². The van der Waals surface area contributed by atoms with E-state index >= 15 is 0 Å². The van der Waals surface area contributed by atoms with Gasteiger partial charge in [0.2, 0.25) is 0 Å². The van der Waals surface area contributed by atoms with Crippen LogP contribution >= 0.6 is 0 Å². The van der Waals surface area contributed by atoms with E-state index in [1.807, 2.05) is 4.90 Å². The van der Waals surface area contributed by atoms with Crippen molar-refractivity contribution in [1.29, 1.82) is 0 Å². The lowest BCUT2D eigenvalue weighted by atomic mass is 9.99. The fourth-order valence-electron chi connectivity index (χ4n) is 2.36. The Balaban J connectivity index is 2.30. The van der Waals surface area contributed by atoms with Crippen molar-refractivity contribution in [2.45, 2.75) is 52.5 Å². The Morgan fingerprint density at radius 2 is 2.11 bits per heavy atom. The van der Waals surface area contributed by atoms with Crippen LogP contribution in [0.4, 0.5) is 4.79 Å². The van der Waals surface area contributed by atoms with Crippen molar-refractivity contribution < 1.29 is 9.90 Å². The Bertz CT molecular complexity index is 256. The normalized spacial score (nSPS) is 22.1. The van der Waals surface area contributed by atoms with Gasteiger partial charge in [0.05, 0.1) is 0 Å². The molecule has 0 radical (unpaired) electrons. The Hall–Kier alpha value is -0.770. The van der Waals surface area contributed by atoms with E-state index in [-0.39, 0.29) is 24.6 Å². The average molecular weight is 256 g/mol. The molecule has 1 aliphatic rings. The molecule has 2 atom stereocenters. The molecule has 0 aliphatic carbocycles. The number of piperidine rings is 1. The molecule has 0 aromatic carbocycles. The first-order chi connectivity index (χ1) is 8.52. The zero-order chi connectivity index (χ0) is 13.5. The molecule has 2 N–H and O–H groups in total. The van der Waals surface area contributed by atoms with Crippen LogP contribution in [-0.4, -0.2) is 41.8 Å². The van der Waals surface area contributed by atoms with Crippen molar-refractivity contribution in [3.63, 3.8) is 0 Å². The van der Waals surface area contributed by atoms with Crippen LogP contribution in [0.2, 0.25) is 0 Å². The van der Waals surface area contributed by atoms with Gasteiger partial charge in [0.15, 0.2) is 0 Å². The van der Waals surface area contributed by atoms with Gasteiger partial charge >= 0.3 is 6.03 Å². The number of aliphatic hydroxyl groups excluding tert-OH is 1. The molecule has 0 aromatic rings. The number of amides is 2. The van der Waals surface area contributed by atoms with Crippen LogP contribution in [0, 0.1) is 11.8 Å². The Labute approximate surface area is 111 Å². The van der Waals surface area contributed by atoms with E-state index in [1.54, 1.807) is 0 Å². The molecule has 1 fully saturated rings. The van der Waals surface area contributed by atoms with Crippen LogP contribution in [0.25, 0.3) is 0 Å². The minimum Gasteiger partial charge on any atom is -0.396 e. The zero-order valence-electron chi connectivity index (χ0n) is 12.0. The number of carbonyl (C=O) groups is 1. The first-order valence-electron chi connectivity index (χ1n) is 7.19. The summed E-state index contributed by atoms with van der Waals surface area (Å²) < 4.78 is 0. The molecule has 2 amide bonds. The van der Waals surface area contributed by atoms with Gasteiger partial charge in [0.25, 0.3) is 0 Å². The standard InChI is InChI=1S/C14H28N2O2/c1-11(2)6-7-12(3)15-14(18)16-8-4-5-13(9-16)10-17/h11-13,17H,4-10H2,1-3H3,(H,15,18). The molecule has 4 heteroatoms. The van der Waals surface area contributed by atoms with E-state index in [9.17, 15) is 4.79 Å². The molecule has 1 aliphatic heterocycles. The van der Waals surface area contributed by atoms with E-state index in [2.05, 4.69) is 26.1 Å².